The van der Waals surface area contributed by atoms with E-state index in [1.807, 2.05) is 25.1 Å². The van der Waals surface area contributed by atoms with Crippen LogP contribution < -0.4 is 16.0 Å². The lowest BCUT2D eigenvalue weighted by Gasteiger charge is -2.35. The number of fused-ring (bicyclic) bond motifs is 3. The Kier molecular flexibility index (Phi) is 4.43. The monoisotopic (exact) mass is 407 g/mol. The Balaban J connectivity index is 1.31. The Bertz CT molecular complexity index is 1220. The van der Waals surface area contributed by atoms with Gasteiger partial charge in [-0.25, -0.2) is 14.6 Å². The van der Waals surface area contributed by atoms with Gasteiger partial charge in [0.15, 0.2) is 0 Å². The molecule has 0 spiro atoms. The van der Waals surface area contributed by atoms with E-state index in [-0.39, 0.29) is 24.1 Å². The van der Waals surface area contributed by atoms with Crippen LogP contribution in [0.15, 0.2) is 35.0 Å². The molecule has 3 N–H and O–H groups in total. The van der Waals surface area contributed by atoms with E-state index in [1.54, 1.807) is 0 Å². The smallest absolute Gasteiger partial charge is 0.239 e. The van der Waals surface area contributed by atoms with Gasteiger partial charge in [-0.05, 0) is 29.4 Å². The molecule has 0 bridgehead atoms. The number of carbonyl (C=O) groups excluding carboxylic acids is 1. The number of nitrogens with two attached hydrogens (primary N) is 1. The van der Waals surface area contributed by atoms with Gasteiger partial charge in [0.2, 0.25) is 23.3 Å². The van der Waals surface area contributed by atoms with E-state index >= 15 is 0 Å². The summed E-state index contributed by atoms with van der Waals surface area (Å²) in [6.07, 6.45) is 0. The first-order valence-corrected chi connectivity index (χ1v) is 9.68. The van der Waals surface area contributed by atoms with Gasteiger partial charge in [0.05, 0.1) is 17.6 Å². The number of aromatic nitrogens is 5. The second kappa shape index (κ2) is 7.26. The van der Waals surface area contributed by atoms with Crippen molar-refractivity contribution in [2.45, 2.75) is 6.92 Å². The molecule has 0 aliphatic carbocycles. The van der Waals surface area contributed by atoms with Crippen LogP contribution in [0.2, 0.25) is 0 Å². The molecule has 11 nitrogen and oxygen atoms in total. The van der Waals surface area contributed by atoms with Crippen LogP contribution in [0.5, 0.6) is 0 Å². The van der Waals surface area contributed by atoms with Crippen molar-refractivity contribution in [3.05, 3.63) is 36.0 Å². The lowest BCUT2D eigenvalue weighted by Crippen LogP contribution is -2.49. The fraction of sp³-hybridized carbons (Fsp3) is 0.316. The van der Waals surface area contributed by atoms with E-state index in [0.29, 0.717) is 5.78 Å². The summed E-state index contributed by atoms with van der Waals surface area (Å²) in [4.78, 5) is 25.9. The van der Waals surface area contributed by atoms with E-state index in [0.717, 1.165) is 48.7 Å². The van der Waals surface area contributed by atoms with E-state index in [1.165, 1.54) is 0 Å². The van der Waals surface area contributed by atoms with Crippen LogP contribution in [0.25, 0.3) is 16.8 Å². The zero-order valence-electron chi connectivity index (χ0n) is 16.4. The Morgan fingerprint density at radius 1 is 1.17 bits per heavy atom. The van der Waals surface area contributed by atoms with Crippen molar-refractivity contribution in [3.8, 4) is 0 Å². The molecule has 0 unspecified atom stereocenters. The zero-order chi connectivity index (χ0) is 20.7. The van der Waals surface area contributed by atoms with Crippen molar-refractivity contribution in [2.24, 2.45) is 0 Å². The number of piperazine rings is 1. The van der Waals surface area contributed by atoms with Gasteiger partial charge in [-0.1, -0.05) is 12.1 Å². The third-order valence-corrected chi connectivity index (χ3v) is 5.22. The molecule has 0 saturated carbocycles. The molecule has 0 atom stereocenters. The average molecular weight is 407 g/mol. The summed E-state index contributed by atoms with van der Waals surface area (Å²) in [5, 5.41) is 9.65. The molecule has 4 aromatic rings. The third-order valence-electron chi connectivity index (χ3n) is 5.22. The van der Waals surface area contributed by atoms with Crippen LogP contribution >= 0.6 is 0 Å². The summed E-state index contributed by atoms with van der Waals surface area (Å²) < 4.78 is 6.60. The number of nitrogens with zero attached hydrogens (tertiary/aromatic N) is 7. The van der Waals surface area contributed by atoms with Crippen molar-refractivity contribution in [1.82, 2.24) is 29.6 Å². The van der Waals surface area contributed by atoms with Crippen molar-refractivity contribution < 1.29 is 9.42 Å². The van der Waals surface area contributed by atoms with E-state index in [9.17, 15) is 4.79 Å². The fourth-order valence-corrected chi connectivity index (χ4v) is 3.78. The Morgan fingerprint density at radius 2 is 1.97 bits per heavy atom. The number of carbonyl (C=O) groups is 1. The lowest BCUT2D eigenvalue weighted by atomic mass is 10.2. The van der Waals surface area contributed by atoms with Crippen molar-refractivity contribution in [1.29, 1.82) is 0 Å². The van der Waals surface area contributed by atoms with Gasteiger partial charge in [-0.3, -0.25) is 14.1 Å². The van der Waals surface area contributed by atoms with Crippen LogP contribution in [-0.2, 0) is 4.79 Å². The SMILES string of the molecule is Cc1cc(N2CCN(CC(=O)Nc3nonc3N)CC2)n2c(n1)nc1ccccc12. The first kappa shape index (κ1) is 18.3. The van der Waals surface area contributed by atoms with Crippen LogP contribution in [0.3, 0.4) is 0 Å². The van der Waals surface area contributed by atoms with E-state index in [4.69, 9.17) is 5.73 Å². The summed E-state index contributed by atoms with van der Waals surface area (Å²) in [5.41, 5.74) is 8.46. The number of hydrogen-bond acceptors (Lipinski definition) is 9. The Morgan fingerprint density at radius 3 is 2.73 bits per heavy atom. The van der Waals surface area contributed by atoms with Gasteiger partial charge in [-0.2, -0.15) is 0 Å². The van der Waals surface area contributed by atoms with Gasteiger partial charge < -0.3 is 16.0 Å². The molecule has 1 aromatic carbocycles. The maximum Gasteiger partial charge on any atom is 0.239 e. The molecule has 3 aromatic heterocycles. The number of nitrogens with one attached hydrogen (secondary N) is 1. The summed E-state index contributed by atoms with van der Waals surface area (Å²) in [6, 6.07) is 10.1. The molecule has 1 aliphatic rings. The molecule has 154 valence electrons. The number of aryl methyl sites for hydroxylation is 1. The quantitative estimate of drug-likeness (QED) is 0.507. The second-order valence-electron chi connectivity index (χ2n) is 7.30. The molecule has 4 heterocycles. The molecule has 5 rings (SSSR count). The standard InChI is InChI=1S/C19H21N9O2/c1-12-10-16(28-14-5-3-2-4-13(14)22-19(28)21-12)27-8-6-26(7-9-27)11-15(29)23-18-17(20)24-30-25-18/h2-5,10H,6-9,11H2,1H3,(H2,20,24)(H,23,25,29). The molecule has 30 heavy (non-hydrogen) atoms. The molecule has 1 aliphatic heterocycles. The summed E-state index contributed by atoms with van der Waals surface area (Å²) in [6.45, 7) is 5.29. The maximum atomic E-state index is 12.3. The van der Waals surface area contributed by atoms with Crippen LogP contribution in [0, 0.1) is 6.92 Å². The molecule has 1 fully saturated rings. The molecular formula is C19H21N9O2. The van der Waals surface area contributed by atoms with Gasteiger partial charge in [-0.15, -0.1) is 0 Å². The highest BCUT2D eigenvalue weighted by molar-refractivity contribution is 5.93. The summed E-state index contributed by atoms with van der Waals surface area (Å²) in [7, 11) is 0. The second-order valence-corrected chi connectivity index (χ2v) is 7.30. The summed E-state index contributed by atoms with van der Waals surface area (Å²) in [5.74, 6) is 1.79. The third kappa shape index (κ3) is 3.28. The Hall–Kier alpha value is -3.73. The number of amides is 1. The number of benzene rings is 1. The fourth-order valence-electron chi connectivity index (χ4n) is 3.78. The minimum Gasteiger partial charge on any atom is -0.378 e. The molecule has 1 amide bonds. The molecule has 11 heteroatoms. The van der Waals surface area contributed by atoms with Gasteiger partial charge in [0, 0.05) is 37.9 Å². The van der Waals surface area contributed by atoms with Crippen molar-refractivity contribution >= 4 is 40.2 Å². The van der Waals surface area contributed by atoms with Gasteiger partial charge >= 0.3 is 0 Å². The van der Waals surface area contributed by atoms with E-state index < -0.39 is 0 Å². The highest BCUT2D eigenvalue weighted by Gasteiger charge is 2.23. The predicted molar refractivity (Wildman–Crippen MR) is 111 cm³/mol. The number of anilines is 3. The topological polar surface area (TPSA) is 131 Å². The molecular weight excluding hydrogens is 386 g/mol. The number of para-hydroxylation sites is 2. The van der Waals surface area contributed by atoms with Crippen molar-refractivity contribution in [3.63, 3.8) is 0 Å². The van der Waals surface area contributed by atoms with Crippen molar-refractivity contribution in [2.75, 3.05) is 48.7 Å². The largest absolute Gasteiger partial charge is 0.378 e. The predicted octanol–water partition coefficient (Wildman–Crippen LogP) is 0.917. The average Bonchev–Trinajstić information content (AvgIpc) is 3.30. The highest BCUT2D eigenvalue weighted by Crippen LogP contribution is 2.24. The molecule has 0 radical (unpaired) electrons. The number of rotatable bonds is 4. The minimum atomic E-state index is -0.200. The number of imidazole rings is 1. The maximum absolute atomic E-state index is 12.3. The van der Waals surface area contributed by atoms with Gasteiger partial charge in [0.25, 0.3) is 0 Å². The lowest BCUT2D eigenvalue weighted by molar-refractivity contribution is -0.117. The Labute approximate surface area is 171 Å². The molecule has 1 saturated heterocycles. The summed E-state index contributed by atoms with van der Waals surface area (Å²) >= 11 is 0. The zero-order valence-corrected chi connectivity index (χ0v) is 16.4. The van der Waals surface area contributed by atoms with Crippen LogP contribution in [0.4, 0.5) is 17.5 Å². The van der Waals surface area contributed by atoms with Crippen LogP contribution in [-0.4, -0.2) is 68.2 Å². The number of hydrogen-bond donors (Lipinski definition) is 2. The minimum absolute atomic E-state index is 0.0674. The highest BCUT2D eigenvalue weighted by atomic mass is 16.6. The first-order chi connectivity index (χ1) is 14.6. The van der Waals surface area contributed by atoms with Gasteiger partial charge in [0.1, 0.15) is 5.82 Å². The number of nitrogen functional groups attached to an aromatic ring is 1. The van der Waals surface area contributed by atoms with Crippen LogP contribution in [0.1, 0.15) is 5.69 Å². The van der Waals surface area contributed by atoms with E-state index in [2.05, 4.69) is 56.6 Å². The normalized spacial score (nSPS) is 15.2. The first-order valence-electron chi connectivity index (χ1n) is 9.68.